The van der Waals surface area contributed by atoms with Gasteiger partial charge in [-0.2, -0.15) is 9.78 Å². The molecule has 1 N–H and O–H groups in total. The van der Waals surface area contributed by atoms with Gasteiger partial charge in [0.25, 0.3) is 0 Å². The van der Waals surface area contributed by atoms with Crippen LogP contribution in [0.4, 0.5) is 0 Å². The fourth-order valence-corrected chi connectivity index (χ4v) is 3.97. The van der Waals surface area contributed by atoms with E-state index in [0.29, 0.717) is 16.5 Å². The number of rotatable bonds is 4. The quantitative estimate of drug-likeness (QED) is 0.825. The van der Waals surface area contributed by atoms with Gasteiger partial charge in [-0.1, -0.05) is 23.7 Å². The Kier molecular flexibility index (Phi) is 4.53. The van der Waals surface area contributed by atoms with Gasteiger partial charge in [-0.05, 0) is 25.1 Å². The number of aryl methyl sites for hydroxylation is 1. The van der Waals surface area contributed by atoms with Gasteiger partial charge in [-0.3, -0.25) is 9.36 Å². The summed E-state index contributed by atoms with van der Waals surface area (Å²) in [5.74, 6) is -0.309. The zero-order chi connectivity index (χ0) is 18.2. The molecule has 1 amide bonds. The lowest BCUT2D eigenvalue weighted by atomic mass is 10.3. The number of sulfone groups is 1. The van der Waals surface area contributed by atoms with Crippen molar-refractivity contribution in [2.24, 2.45) is 0 Å². The van der Waals surface area contributed by atoms with E-state index in [9.17, 15) is 18.0 Å². The van der Waals surface area contributed by atoms with E-state index in [1.807, 2.05) is 0 Å². The van der Waals surface area contributed by atoms with Gasteiger partial charge in [0, 0.05) is 5.41 Å². The Labute approximate surface area is 148 Å². The van der Waals surface area contributed by atoms with Crippen molar-refractivity contribution in [1.82, 2.24) is 19.7 Å². The number of carbonyl (C=O) groups excluding carboxylic acids is 1. The number of nitrogens with one attached hydrogen (secondary N) is 1. The van der Waals surface area contributed by atoms with Crippen LogP contribution in [0.5, 0.6) is 0 Å². The second-order valence-corrected chi connectivity index (χ2v) is 7.95. The van der Waals surface area contributed by atoms with Crippen LogP contribution >= 0.6 is 11.6 Å². The third-order valence-corrected chi connectivity index (χ3v) is 5.42. The van der Waals surface area contributed by atoms with Crippen LogP contribution in [0.15, 0.2) is 40.5 Å². The predicted molar refractivity (Wildman–Crippen MR) is 92.4 cm³/mol. The summed E-state index contributed by atoms with van der Waals surface area (Å²) in [6.07, 6.45) is 1.41. The van der Waals surface area contributed by atoms with E-state index in [-0.39, 0.29) is 12.3 Å². The molecule has 1 aliphatic heterocycles. The summed E-state index contributed by atoms with van der Waals surface area (Å²) in [5, 5.41) is 8.15. The number of hydrogen-bond donors (Lipinski definition) is 1. The molecule has 2 aromatic rings. The van der Waals surface area contributed by atoms with Crippen molar-refractivity contribution in [1.29, 1.82) is 0 Å². The highest BCUT2D eigenvalue weighted by Crippen LogP contribution is 2.17. The van der Waals surface area contributed by atoms with E-state index in [0.717, 1.165) is 10.1 Å². The molecule has 1 aromatic heterocycles. The van der Waals surface area contributed by atoms with Crippen LogP contribution in [0.2, 0.25) is 5.02 Å². The lowest BCUT2D eigenvalue weighted by Gasteiger charge is -2.10. The van der Waals surface area contributed by atoms with Crippen molar-refractivity contribution in [3.8, 4) is 5.69 Å². The van der Waals surface area contributed by atoms with Gasteiger partial charge in [0.1, 0.15) is 12.4 Å². The summed E-state index contributed by atoms with van der Waals surface area (Å²) < 4.78 is 25.1. The average Bonchev–Trinajstić information content (AvgIpc) is 3.01. The van der Waals surface area contributed by atoms with Crippen molar-refractivity contribution >= 4 is 27.3 Å². The second-order valence-electron chi connectivity index (χ2n) is 5.61. The molecule has 8 nitrogen and oxygen atoms in total. The molecule has 1 unspecified atom stereocenters. The molecule has 1 aliphatic rings. The zero-order valence-corrected chi connectivity index (χ0v) is 14.8. The van der Waals surface area contributed by atoms with Crippen LogP contribution in [0.25, 0.3) is 5.69 Å². The van der Waals surface area contributed by atoms with Crippen molar-refractivity contribution in [2.45, 2.75) is 19.5 Å². The van der Waals surface area contributed by atoms with Crippen molar-refractivity contribution in [3.63, 3.8) is 0 Å². The van der Waals surface area contributed by atoms with E-state index >= 15 is 0 Å². The Hall–Kier alpha value is -2.39. The molecule has 0 fully saturated rings. The van der Waals surface area contributed by atoms with Crippen LogP contribution in [-0.4, -0.2) is 40.5 Å². The number of aromatic nitrogens is 3. The highest BCUT2D eigenvalue weighted by molar-refractivity contribution is 7.94. The smallest absolute Gasteiger partial charge is 0.347 e. The molecule has 2 heterocycles. The maximum Gasteiger partial charge on any atom is 0.351 e. The molecule has 0 spiro atoms. The fourth-order valence-electron chi connectivity index (χ4n) is 2.52. The number of amides is 1. The number of halogens is 1. The van der Waals surface area contributed by atoms with Gasteiger partial charge in [-0.15, -0.1) is 0 Å². The van der Waals surface area contributed by atoms with E-state index in [1.165, 1.54) is 10.6 Å². The first-order valence-corrected chi connectivity index (χ1v) is 9.48. The van der Waals surface area contributed by atoms with Crippen LogP contribution in [0.1, 0.15) is 5.82 Å². The lowest BCUT2D eigenvalue weighted by molar-refractivity contribution is -0.122. The molecular weight excluding hydrogens is 368 g/mol. The van der Waals surface area contributed by atoms with Gasteiger partial charge < -0.3 is 5.32 Å². The monoisotopic (exact) mass is 382 g/mol. The highest BCUT2D eigenvalue weighted by Gasteiger charge is 2.24. The van der Waals surface area contributed by atoms with Gasteiger partial charge >= 0.3 is 5.69 Å². The Balaban J connectivity index is 1.80. The third-order valence-electron chi connectivity index (χ3n) is 3.71. The standard InChI is InChI=1S/C15H15ClN4O4S/c1-10-18-20(13-5-3-2-4-12(13)16)15(22)19(10)8-14(21)17-11-6-7-25(23,24)9-11/h2-7,11H,8-9H2,1H3,(H,17,21). The maximum atomic E-state index is 12.5. The number of nitrogens with zero attached hydrogens (tertiary/aromatic N) is 3. The van der Waals surface area contributed by atoms with Crippen molar-refractivity contribution in [2.75, 3.05) is 5.75 Å². The maximum absolute atomic E-state index is 12.5. The second kappa shape index (κ2) is 6.49. The van der Waals surface area contributed by atoms with E-state index in [1.54, 1.807) is 31.2 Å². The highest BCUT2D eigenvalue weighted by atomic mass is 35.5. The van der Waals surface area contributed by atoms with Crippen LogP contribution in [0, 0.1) is 6.92 Å². The molecule has 1 atom stereocenters. The molecule has 1 aromatic carbocycles. The normalized spacial score (nSPS) is 18.4. The molecule has 0 aliphatic carbocycles. The summed E-state index contributed by atoms with van der Waals surface area (Å²) in [5.41, 5.74) is -0.0865. The van der Waals surface area contributed by atoms with Gasteiger partial charge in [-0.25, -0.2) is 13.2 Å². The van der Waals surface area contributed by atoms with Crippen LogP contribution in [0.3, 0.4) is 0 Å². The first-order chi connectivity index (χ1) is 11.8. The summed E-state index contributed by atoms with van der Waals surface area (Å²) >= 11 is 6.09. The molecular formula is C15H15ClN4O4S. The number of para-hydroxylation sites is 1. The van der Waals surface area contributed by atoms with Crippen LogP contribution in [-0.2, 0) is 21.2 Å². The summed E-state index contributed by atoms with van der Waals surface area (Å²) in [7, 11) is -3.26. The van der Waals surface area contributed by atoms with Gasteiger partial charge in [0.15, 0.2) is 9.84 Å². The molecule has 10 heteroatoms. The van der Waals surface area contributed by atoms with Crippen molar-refractivity contribution < 1.29 is 13.2 Å². The van der Waals surface area contributed by atoms with E-state index in [2.05, 4.69) is 10.4 Å². The van der Waals surface area contributed by atoms with Crippen LogP contribution < -0.4 is 11.0 Å². The average molecular weight is 383 g/mol. The number of hydrogen-bond acceptors (Lipinski definition) is 5. The lowest BCUT2D eigenvalue weighted by Crippen LogP contribution is -2.39. The molecule has 3 rings (SSSR count). The first-order valence-electron chi connectivity index (χ1n) is 7.38. The summed E-state index contributed by atoms with van der Waals surface area (Å²) in [4.78, 5) is 24.7. The minimum absolute atomic E-state index is 0.175. The molecule has 0 radical (unpaired) electrons. The minimum Gasteiger partial charge on any atom is -0.347 e. The number of benzene rings is 1. The molecule has 132 valence electrons. The largest absolute Gasteiger partial charge is 0.351 e. The van der Waals surface area contributed by atoms with E-state index in [4.69, 9.17) is 11.6 Å². The third kappa shape index (κ3) is 3.67. The number of carbonyl (C=O) groups is 1. The molecule has 0 bridgehead atoms. The SMILES string of the molecule is Cc1nn(-c2ccccc2Cl)c(=O)n1CC(=O)NC1C=CS(=O)(=O)C1. The van der Waals surface area contributed by atoms with Crippen molar-refractivity contribution in [3.05, 3.63) is 57.1 Å². The first kappa shape index (κ1) is 17.4. The molecule has 0 saturated heterocycles. The Morgan fingerprint density at radius 3 is 2.76 bits per heavy atom. The van der Waals surface area contributed by atoms with Gasteiger partial charge in [0.2, 0.25) is 5.91 Å². The molecule has 0 saturated carbocycles. The molecule has 25 heavy (non-hydrogen) atoms. The van der Waals surface area contributed by atoms with E-state index < -0.39 is 27.5 Å². The summed E-state index contributed by atoms with van der Waals surface area (Å²) in [6.45, 7) is 1.33. The van der Waals surface area contributed by atoms with Gasteiger partial charge in [0.05, 0.1) is 22.5 Å². The minimum atomic E-state index is -3.26. The Morgan fingerprint density at radius 2 is 2.12 bits per heavy atom. The Bertz CT molecular complexity index is 1020. The topological polar surface area (TPSA) is 103 Å². The summed E-state index contributed by atoms with van der Waals surface area (Å²) in [6, 6.07) is 6.15. The Morgan fingerprint density at radius 1 is 1.40 bits per heavy atom. The predicted octanol–water partition coefficient (Wildman–Crippen LogP) is 0.423. The fraction of sp³-hybridized carbons (Fsp3) is 0.267. The zero-order valence-electron chi connectivity index (χ0n) is 13.2.